The molecule has 2 fully saturated rings. The Morgan fingerprint density at radius 2 is 1.74 bits per heavy atom. The van der Waals surface area contributed by atoms with Crippen LogP contribution in [0.3, 0.4) is 0 Å². The lowest BCUT2D eigenvalue weighted by Crippen LogP contribution is -2.14. The molecule has 2 rings (SSSR count). The molecule has 0 aromatic carbocycles. The van der Waals surface area contributed by atoms with Crippen LogP contribution in [-0.4, -0.2) is 18.4 Å². The van der Waals surface area contributed by atoms with Crippen molar-refractivity contribution in [1.82, 2.24) is 0 Å². The zero-order chi connectivity index (χ0) is 13.5. The van der Waals surface area contributed by atoms with Crippen molar-refractivity contribution >= 4 is 5.97 Å². The van der Waals surface area contributed by atoms with Crippen molar-refractivity contribution in [3.63, 3.8) is 0 Å². The number of carbonyl (C=O) groups is 1. The fourth-order valence-electron chi connectivity index (χ4n) is 3.19. The van der Waals surface area contributed by atoms with Gasteiger partial charge in [-0.05, 0) is 12.8 Å². The highest BCUT2D eigenvalue weighted by Crippen LogP contribution is 2.37. The number of fused-ring (bicyclic) bond motifs is 1. The van der Waals surface area contributed by atoms with Crippen molar-refractivity contribution in [2.24, 2.45) is 5.92 Å². The van der Waals surface area contributed by atoms with E-state index in [1.807, 2.05) is 0 Å². The standard InChI is InChI=1S/C16H28O3/c1-2-3-4-5-6-7-8-9-10-14-11-13-12-15(17)19-16(13)18-14/h13-14,16H,2-12H2,1H3. The minimum absolute atomic E-state index is 0.0828. The summed E-state index contributed by atoms with van der Waals surface area (Å²) in [4.78, 5) is 11.1. The summed E-state index contributed by atoms with van der Waals surface area (Å²) in [6.07, 6.45) is 13.7. The largest absolute Gasteiger partial charge is 0.435 e. The predicted octanol–water partition coefficient (Wildman–Crippen LogP) is 4.20. The highest BCUT2D eigenvalue weighted by molar-refractivity contribution is 5.72. The van der Waals surface area contributed by atoms with Crippen molar-refractivity contribution < 1.29 is 14.3 Å². The molecular formula is C16H28O3. The van der Waals surface area contributed by atoms with Gasteiger partial charge in [0.15, 0.2) is 0 Å². The Hall–Kier alpha value is -0.570. The molecule has 19 heavy (non-hydrogen) atoms. The van der Waals surface area contributed by atoms with E-state index in [1.54, 1.807) is 0 Å². The van der Waals surface area contributed by atoms with Crippen LogP contribution in [0.1, 0.15) is 77.6 Å². The average Bonchev–Trinajstić information content (AvgIpc) is 2.89. The van der Waals surface area contributed by atoms with Crippen molar-refractivity contribution in [2.45, 2.75) is 89.9 Å². The van der Waals surface area contributed by atoms with Crippen LogP contribution in [0.25, 0.3) is 0 Å². The summed E-state index contributed by atoms with van der Waals surface area (Å²) in [5.74, 6) is 0.257. The summed E-state index contributed by atoms with van der Waals surface area (Å²) in [5, 5.41) is 0. The number of rotatable bonds is 9. The number of carbonyl (C=O) groups excluding carboxylic acids is 1. The monoisotopic (exact) mass is 268 g/mol. The van der Waals surface area contributed by atoms with Crippen LogP contribution in [0.15, 0.2) is 0 Å². The second kappa shape index (κ2) is 7.88. The molecule has 3 nitrogen and oxygen atoms in total. The molecule has 0 radical (unpaired) electrons. The van der Waals surface area contributed by atoms with Crippen molar-refractivity contribution in [2.75, 3.05) is 0 Å². The van der Waals surface area contributed by atoms with E-state index in [4.69, 9.17) is 9.47 Å². The maximum Gasteiger partial charge on any atom is 0.308 e. The third kappa shape index (κ3) is 4.79. The Labute approximate surface area is 117 Å². The fourth-order valence-corrected chi connectivity index (χ4v) is 3.19. The molecular weight excluding hydrogens is 240 g/mol. The van der Waals surface area contributed by atoms with Gasteiger partial charge in [-0.2, -0.15) is 0 Å². The first-order chi connectivity index (χ1) is 9.29. The number of hydrogen-bond acceptors (Lipinski definition) is 3. The van der Waals surface area contributed by atoms with E-state index in [1.165, 1.54) is 51.4 Å². The van der Waals surface area contributed by atoms with Gasteiger partial charge in [-0.15, -0.1) is 0 Å². The minimum atomic E-state index is -0.216. The fraction of sp³-hybridized carbons (Fsp3) is 0.938. The normalized spacial score (nSPS) is 29.5. The van der Waals surface area contributed by atoms with Crippen LogP contribution in [-0.2, 0) is 14.3 Å². The molecule has 110 valence electrons. The molecule has 2 heterocycles. The molecule has 0 saturated carbocycles. The number of hydrogen-bond donors (Lipinski definition) is 0. The van der Waals surface area contributed by atoms with Crippen LogP contribution in [0, 0.1) is 5.92 Å². The highest BCUT2D eigenvalue weighted by Gasteiger charge is 2.43. The van der Waals surface area contributed by atoms with Gasteiger partial charge in [-0.1, -0.05) is 58.3 Å². The molecule has 0 aromatic rings. The Morgan fingerprint density at radius 1 is 1.05 bits per heavy atom. The second-order valence-electron chi connectivity index (χ2n) is 6.08. The number of unbranched alkanes of at least 4 members (excludes halogenated alkanes) is 7. The summed E-state index contributed by atoms with van der Waals surface area (Å²) < 4.78 is 10.9. The summed E-state index contributed by atoms with van der Waals surface area (Å²) in [5.41, 5.74) is 0. The molecule has 3 heteroatoms. The molecule has 0 aromatic heterocycles. The molecule has 0 bridgehead atoms. The first-order valence-corrected chi connectivity index (χ1v) is 8.14. The van der Waals surface area contributed by atoms with Crippen LogP contribution < -0.4 is 0 Å². The molecule has 3 unspecified atom stereocenters. The lowest BCUT2D eigenvalue weighted by atomic mass is 9.99. The first-order valence-electron chi connectivity index (χ1n) is 8.14. The van der Waals surface area contributed by atoms with Gasteiger partial charge in [0.2, 0.25) is 6.29 Å². The van der Waals surface area contributed by atoms with E-state index in [9.17, 15) is 4.79 Å². The summed E-state index contributed by atoms with van der Waals surface area (Å²) >= 11 is 0. The van der Waals surface area contributed by atoms with Crippen molar-refractivity contribution in [3.8, 4) is 0 Å². The van der Waals surface area contributed by atoms with Gasteiger partial charge >= 0.3 is 5.97 Å². The maximum atomic E-state index is 11.1. The SMILES string of the molecule is CCCCCCCCCCC1CC2CC(=O)OC2O1. The van der Waals surface area contributed by atoms with Gasteiger partial charge in [-0.25, -0.2) is 0 Å². The first kappa shape index (κ1) is 14.8. The van der Waals surface area contributed by atoms with E-state index in [0.29, 0.717) is 18.4 Å². The van der Waals surface area contributed by atoms with Gasteiger partial charge in [0.25, 0.3) is 0 Å². The second-order valence-corrected chi connectivity index (χ2v) is 6.08. The molecule has 3 atom stereocenters. The van der Waals surface area contributed by atoms with Crippen LogP contribution >= 0.6 is 0 Å². The van der Waals surface area contributed by atoms with E-state index < -0.39 is 0 Å². The molecule has 2 aliphatic heterocycles. The van der Waals surface area contributed by atoms with Crippen LogP contribution in [0.2, 0.25) is 0 Å². The Morgan fingerprint density at radius 3 is 2.42 bits per heavy atom. The van der Waals surface area contributed by atoms with Crippen LogP contribution in [0.4, 0.5) is 0 Å². The number of esters is 1. The van der Waals surface area contributed by atoms with Crippen molar-refractivity contribution in [3.05, 3.63) is 0 Å². The molecule has 0 N–H and O–H groups in total. The zero-order valence-corrected chi connectivity index (χ0v) is 12.2. The average molecular weight is 268 g/mol. The quantitative estimate of drug-likeness (QED) is 0.464. The van der Waals surface area contributed by atoms with Gasteiger partial charge < -0.3 is 9.47 Å². The van der Waals surface area contributed by atoms with Crippen molar-refractivity contribution in [1.29, 1.82) is 0 Å². The van der Waals surface area contributed by atoms with Gasteiger partial charge in [-0.3, -0.25) is 4.79 Å². The summed E-state index contributed by atoms with van der Waals surface area (Å²) in [7, 11) is 0. The van der Waals surface area contributed by atoms with E-state index in [2.05, 4.69) is 6.92 Å². The highest BCUT2D eigenvalue weighted by atomic mass is 16.7. The molecule has 0 amide bonds. The molecule has 2 aliphatic rings. The van der Waals surface area contributed by atoms with Gasteiger partial charge in [0.1, 0.15) is 0 Å². The Bertz CT molecular complexity index is 261. The zero-order valence-electron chi connectivity index (χ0n) is 12.2. The van der Waals surface area contributed by atoms with E-state index in [0.717, 1.165) is 12.8 Å². The maximum absolute atomic E-state index is 11.1. The lowest BCUT2D eigenvalue weighted by Gasteiger charge is -2.11. The molecule has 0 spiro atoms. The van der Waals surface area contributed by atoms with E-state index in [-0.39, 0.29) is 12.3 Å². The predicted molar refractivity (Wildman–Crippen MR) is 74.7 cm³/mol. The lowest BCUT2D eigenvalue weighted by molar-refractivity contribution is -0.164. The Kier molecular flexibility index (Phi) is 6.15. The number of ether oxygens (including phenoxy) is 2. The van der Waals surface area contributed by atoms with Gasteiger partial charge in [0, 0.05) is 5.92 Å². The summed E-state index contributed by atoms with van der Waals surface area (Å²) in [6, 6.07) is 0. The minimum Gasteiger partial charge on any atom is -0.435 e. The third-order valence-electron chi connectivity index (χ3n) is 4.33. The smallest absolute Gasteiger partial charge is 0.308 e. The Balaban J connectivity index is 1.44. The molecule has 0 aliphatic carbocycles. The van der Waals surface area contributed by atoms with Gasteiger partial charge in [0.05, 0.1) is 12.5 Å². The summed E-state index contributed by atoms with van der Waals surface area (Å²) in [6.45, 7) is 2.26. The third-order valence-corrected chi connectivity index (χ3v) is 4.33. The van der Waals surface area contributed by atoms with E-state index >= 15 is 0 Å². The topological polar surface area (TPSA) is 35.5 Å². The molecule has 2 saturated heterocycles. The van der Waals surface area contributed by atoms with Crippen LogP contribution in [0.5, 0.6) is 0 Å².